The number of amides is 1. The van der Waals surface area contributed by atoms with Gasteiger partial charge in [-0.3, -0.25) is 9.48 Å². The minimum absolute atomic E-state index is 0.0462. The van der Waals surface area contributed by atoms with E-state index < -0.39 is 11.7 Å². The number of aromatic nitrogens is 4. The molecule has 3 N–H and O–H groups in total. The van der Waals surface area contributed by atoms with E-state index in [0.717, 1.165) is 11.1 Å². The van der Waals surface area contributed by atoms with Crippen molar-refractivity contribution in [2.24, 2.45) is 7.05 Å². The Kier molecular flexibility index (Phi) is 3.75. The summed E-state index contributed by atoms with van der Waals surface area (Å²) in [6.07, 6.45) is 2.31. The zero-order chi connectivity index (χ0) is 16.6. The largest absolute Gasteiger partial charge is 0.465 e. The molecule has 0 bridgehead atoms. The van der Waals surface area contributed by atoms with Gasteiger partial charge < -0.3 is 10.4 Å². The summed E-state index contributed by atoms with van der Waals surface area (Å²) >= 11 is 6.25. The molecular weight excluding hydrogens is 322 g/mol. The first kappa shape index (κ1) is 15.0. The summed E-state index contributed by atoms with van der Waals surface area (Å²) in [5, 5.41) is 22.4. The minimum Gasteiger partial charge on any atom is -0.465 e. The number of carbonyl (C=O) groups is 1. The summed E-state index contributed by atoms with van der Waals surface area (Å²) in [5.41, 5.74) is 1.55. The van der Waals surface area contributed by atoms with Gasteiger partial charge in [-0.1, -0.05) is 11.6 Å². The van der Waals surface area contributed by atoms with Crippen molar-refractivity contribution in [2.75, 3.05) is 0 Å². The number of hydrogen-bond acceptors (Lipinski definition) is 4. The molecule has 3 aromatic rings. The number of hydrogen-bond donors (Lipinski definition) is 3. The quantitative estimate of drug-likeness (QED) is 0.675. The van der Waals surface area contributed by atoms with E-state index in [1.807, 2.05) is 6.20 Å². The monoisotopic (exact) mass is 333 g/mol. The Morgan fingerprint density at radius 2 is 2.22 bits per heavy atom. The van der Waals surface area contributed by atoms with Gasteiger partial charge in [0.25, 0.3) is 5.56 Å². The second-order valence-corrected chi connectivity index (χ2v) is 5.35. The summed E-state index contributed by atoms with van der Waals surface area (Å²) < 4.78 is 1.65. The van der Waals surface area contributed by atoms with E-state index in [1.54, 1.807) is 30.1 Å². The molecule has 0 saturated heterocycles. The predicted octanol–water partition coefficient (Wildman–Crippen LogP) is 1.74. The van der Waals surface area contributed by atoms with Crippen LogP contribution < -0.4 is 10.9 Å². The zero-order valence-electron chi connectivity index (χ0n) is 12.0. The van der Waals surface area contributed by atoms with Crippen molar-refractivity contribution in [3.63, 3.8) is 0 Å². The van der Waals surface area contributed by atoms with Gasteiger partial charge in [0.05, 0.1) is 28.8 Å². The third-order valence-corrected chi connectivity index (χ3v) is 3.66. The molecule has 0 spiro atoms. The van der Waals surface area contributed by atoms with Gasteiger partial charge >= 0.3 is 6.09 Å². The number of rotatable bonds is 3. The minimum atomic E-state index is -1.18. The lowest BCUT2D eigenvalue weighted by molar-refractivity contribution is 0.194. The molecule has 9 heteroatoms. The molecule has 0 aliphatic rings. The summed E-state index contributed by atoms with van der Waals surface area (Å²) in [6, 6.07) is 3.42. The number of nitrogens with one attached hydrogen (secondary N) is 2. The number of H-pyrrole nitrogens is 1. The van der Waals surface area contributed by atoms with E-state index in [1.165, 1.54) is 0 Å². The van der Waals surface area contributed by atoms with E-state index in [4.69, 9.17) is 16.7 Å². The van der Waals surface area contributed by atoms with E-state index in [0.29, 0.717) is 11.1 Å². The van der Waals surface area contributed by atoms with Crippen molar-refractivity contribution in [1.29, 1.82) is 0 Å². The highest BCUT2D eigenvalue weighted by molar-refractivity contribution is 6.35. The van der Waals surface area contributed by atoms with Gasteiger partial charge in [-0.25, -0.2) is 9.89 Å². The van der Waals surface area contributed by atoms with Crippen LogP contribution in [-0.2, 0) is 13.6 Å². The van der Waals surface area contributed by atoms with Gasteiger partial charge in [-0.2, -0.15) is 10.2 Å². The summed E-state index contributed by atoms with van der Waals surface area (Å²) in [4.78, 5) is 22.7. The summed E-state index contributed by atoms with van der Waals surface area (Å²) in [6.45, 7) is -0.0462. The van der Waals surface area contributed by atoms with Crippen LogP contribution in [-0.4, -0.2) is 31.2 Å². The molecule has 0 atom stereocenters. The number of fused-ring (bicyclic) bond motifs is 1. The molecule has 0 radical (unpaired) electrons. The molecule has 0 unspecified atom stereocenters. The number of aryl methyl sites for hydroxylation is 1. The van der Waals surface area contributed by atoms with Crippen LogP contribution >= 0.6 is 11.6 Å². The number of halogens is 1. The zero-order valence-corrected chi connectivity index (χ0v) is 12.8. The highest BCUT2D eigenvalue weighted by atomic mass is 35.5. The summed E-state index contributed by atoms with van der Waals surface area (Å²) in [5.74, 6) is 0. The van der Waals surface area contributed by atoms with Gasteiger partial charge in [0.1, 0.15) is 0 Å². The van der Waals surface area contributed by atoms with E-state index >= 15 is 0 Å². The van der Waals surface area contributed by atoms with E-state index in [9.17, 15) is 9.59 Å². The van der Waals surface area contributed by atoms with Crippen LogP contribution in [0, 0.1) is 0 Å². The molecule has 118 valence electrons. The average Bonchev–Trinajstić information content (AvgIpc) is 2.92. The molecule has 0 aliphatic carbocycles. The molecule has 3 rings (SSSR count). The molecule has 8 nitrogen and oxygen atoms in total. The maximum absolute atomic E-state index is 12.0. The molecule has 1 aromatic carbocycles. The van der Waals surface area contributed by atoms with Crippen LogP contribution in [0.4, 0.5) is 4.79 Å². The smallest absolute Gasteiger partial charge is 0.404 e. The van der Waals surface area contributed by atoms with Crippen molar-refractivity contribution < 1.29 is 9.90 Å². The highest BCUT2D eigenvalue weighted by Crippen LogP contribution is 2.29. The van der Waals surface area contributed by atoms with Crippen LogP contribution in [0.1, 0.15) is 5.69 Å². The van der Waals surface area contributed by atoms with Crippen molar-refractivity contribution >= 4 is 28.5 Å². The lowest BCUT2D eigenvalue weighted by Gasteiger charge is -2.08. The van der Waals surface area contributed by atoms with Crippen LogP contribution in [0.5, 0.6) is 0 Å². The van der Waals surface area contributed by atoms with Crippen LogP contribution in [0.3, 0.4) is 0 Å². The number of aromatic amines is 1. The SMILES string of the molecule is Cn1cc(-c2cc(Cl)c3c(=O)[nH]nc(CNC(=O)O)c3c2)cn1. The average molecular weight is 334 g/mol. The van der Waals surface area contributed by atoms with Crippen LogP contribution in [0.2, 0.25) is 5.02 Å². The fraction of sp³-hybridized carbons (Fsp3) is 0.143. The third-order valence-electron chi connectivity index (χ3n) is 3.37. The lowest BCUT2D eigenvalue weighted by Crippen LogP contribution is -2.22. The summed E-state index contributed by atoms with van der Waals surface area (Å²) in [7, 11) is 1.79. The van der Waals surface area contributed by atoms with Crippen molar-refractivity contribution in [3.05, 3.63) is 45.6 Å². The van der Waals surface area contributed by atoms with E-state index in [-0.39, 0.29) is 17.0 Å². The second kappa shape index (κ2) is 5.73. The molecule has 0 saturated carbocycles. The fourth-order valence-electron chi connectivity index (χ4n) is 2.33. The molecule has 2 heterocycles. The Balaban J connectivity index is 2.21. The Bertz CT molecular complexity index is 963. The molecule has 0 fully saturated rings. The number of nitrogens with zero attached hydrogens (tertiary/aromatic N) is 3. The maximum atomic E-state index is 12.0. The molecule has 23 heavy (non-hydrogen) atoms. The van der Waals surface area contributed by atoms with Gasteiger partial charge in [0, 0.05) is 24.2 Å². The standard InChI is InChI=1S/C14H12ClN5O3/c1-20-6-8(4-17-20)7-2-9-11(5-16-14(22)23)18-19-13(21)12(9)10(15)3-7/h2-4,6,16H,5H2,1H3,(H,19,21)(H,22,23). The molecule has 0 aliphatic heterocycles. The molecular formula is C14H12ClN5O3. The normalized spacial score (nSPS) is 10.9. The molecule has 1 amide bonds. The Labute approximate surface area is 134 Å². The van der Waals surface area contributed by atoms with Gasteiger partial charge in [0.15, 0.2) is 0 Å². The topological polar surface area (TPSA) is 113 Å². The van der Waals surface area contributed by atoms with Crippen LogP contribution in [0.15, 0.2) is 29.3 Å². The lowest BCUT2D eigenvalue weighted by atomic mass is 10.0. The second-order valence-electron chi connectivity index (χ2n) is 4.94. The van der Waals surface area contributed by atoms with Gasteiger partial charge in [-0.05, 0) is 17.7 Å². The third kappa shape index (κ3) is 2.88. The first-order valence-corrected chi connectivity index (χ1v) is 7.00. The Morgan fingerprint density at radius 3 is 2.87 bits per heavy atom. The van der Waals surface area contributed by atoms with Crippen molar-refractivity contribution in [1.82, 2.24) is 25.3 Å². The predicted molar refractivity (Wildman–Crippen MR) is 84.4 cm³/mol. The van der Waals surface area contributed by atoms with Crippen LogP contribution in [0.25, 0.3) is 21.9 Å². The van der Waals surface area contributed by atoms with Gasteiger partial charge in [-0.15, -0.1) is 0 Å². The number of carboxylic acid groups (broad SMARTS) is 1. The first-order valence-electron chi connectivity index (χ1n) is 6.62. The molecule has 2 aromatic heterocycles. The van der Waals surface area contributed by atoms with Gasteiger partial charge in [0.2, 0.25) is 0 Å². The first-order chi connectivity index (χ1) is 11.0. The number of benzene rings is 1. The van der Waals surface area contributed by atoms with Crippen molar-refractivity contribution in [3.8, 4) is 11.1 Å². The van der Waals surface area contributed by atoms with Crippen molar-refractivity contribution in [2.45, 2.75) is 6.54 Å². The highest BCUT2D eigenvalue weighted by Gasteiger charge is 2.13. The fourth-order valence-corrected chi connectivity index (χ4v) is 2.64. The maximum Gasteiger partial charge on any atom is 0.404 e. The Morgan fingerprint density at radius 1 is 1.43 bits per heavy atom. The Hall–Kier alpha value is -2.87. The van der Waals surface area contributed by atoms with E-state index in [2.05, 4.69) is 20.6 Å².